The predicted molar refractivity (Wildman–Crippen MR) is 91.8 cm³/mol. The fraction of sp³-hybridized carbons (Fsp3) is 0.235. The Labute approximate surface area is 144 Å². The van der Waals surface area contributed by atoms with Crippen molar-refractivity contribution in [1.82, 2.24) is 5.32 Å². The lowest BCUT2D eigenvalue weighted by Gasteiger charge is -2.07. The van der Waals surface area contributed by atoms with Gasteiger partial charge in [-0.1, -0.05) is 23.7 Å². The number of halogens is 1. The molecular formula is C17H17ClN2O4. The van der Waals surface area contributed by atoms with Crippen LogP contribution in [-0.4, -0.2) is 24.5 Å². The third kappa shape index (κ3) is 4.70. The molecule has 0 aliphatic rings. The Morgan fingerprint density at radius 2 is 2.08 bits per heavy atom. The fourth-order valence-corrected chi connectivity index (χ4v) is 2.40. The molecule has 126 valence electrons. The lowest BCUT2D eigenvalue weighted by molar-refractivity contribution is -0.384. The second-order valence-electron chi connectivity index (χ2n) is 5.13. The topological polar surface area (TPSA) is 81.5 Å². The van der Waals surface area contributed by atoms with Gasteiger partial charge in [-0.05, 0) is 42.7 Å². The number of carbonyl (C=O) groups is 1. The van der Waals surface area contributed by atoms with E-state index < -0.39 is 4.92 Å². The second-order valence-corrected chi connectivity index (χ2v) is 5.54. The van der Waals surface area contributed by atoms with Gasteiger partial charge in [0, 0.05) is 18.2 Å². The summed E-state index contributed by atoms with van der Waals surface area (Å²) < 4.78 is 5.16. The lowest BCUT2D eigenvalue weighted by Crippen LogP contribution is -2.24. The van der Waals surface area contributed by atoms with E-state index in [0.717, 1.165) is 24.2 Å². The Morgan fingerprint density at radius 3 is 2.79 bits per heavy atom. The molecule has 2 rings (SSSR count). The lowest BCUT2D eigenvalue weighted by atomic mass is 10.1. The molecular weight excluding hydrogens is 332 g/mol. The van der Waals surface area contributed by atoms with Crippen LogP contribution in [0.2, 0.25) is 5.02 Å². The van der Waals surface area contributed by atoms with Crippen LogP contribution in [0.25, 0.3) is 0 Å². The maximum absolute atomic E-state index is 12.0. The van der Waals surface area contributed by atoms with Crippen LogP contribution in [0.15, 0.2) is 42.5 Å². The zero-order valence-corrected chi connectivity index (χ0v) is 13.9. The SMILES string of the molecule is COc1cccc(CCCNC(=O)c2ccc(Cl)c([N+](=O)[O-])c2)c1. The largest absolute Gasteiger partial charge is 0.497 e. The first-order valence-corrected chi connectivity index (χ1v) is 7.74. The Morgan fingerprint density at radius 1 is 1.29 bits per heavy atom. The molecule has 0 heterocycles. The zero-order valence-electron chi connectivity index (χ0n) is 13.1. The van der Waals surface area contributed by atoms with E-state index in [1.807, 2.05) is 24.3 Å². The van der Waals surface area contributed by atoms with Crippen molar-refractivity contribution in [2.45, 2.75) is 12.8 Å². The van der Waals surface area contributed by atoms with Crippen LogP contribution >= 0.6 is 11.6 Å². The van der Waals surface area contributed by atoms with Gasteiger partial charge in [-0.25, -0.2) is 0 Å². The molecule has 0 radical (unpaired) electrons. The quantitative estimate of drug-likeness (QED) is 0.470. The van der Waals surface area contributed by atoms with E-state index in [-0.39, 0.29) is 22.2 Å². The van der Waals surface area contributed by atoms with Gasteiger partial charge in [-0.2, -0.15) is 0 Å². The van der Waals surface area contributed by atoms with Gasteiger partial charge >= 0.3 is 0 Å². The summed E-state index contributed by atoms with van der Waals surface area (Å²) in [6.07, 6.45) is 1.53. The van der Waals surface area contributed by atoms with Crippen molar-refractivity contribution in [2.24, 2.45) is 0 Å². The second kappa shape index (κ2) is 8.31. The Balaban J connectivity index is 1.87. The van der Waals surface area contributed by atoms with Gasteiger partial charge in [0.25, 0.3) is 11.6 Å². The number of nitro groups is 1. The first-order valence-electron chi connectivity index (χ1n) is 7.36. The van der Waals surface area contributed by atoms with Gasteiger partial charge in [-0.15, -0.1) is 0 Å². The van der Waals surface area contributed by atoms with Gasteiger partial charge in [0.15, 0.2) is 0 Å². The molecule has 2 aromatic rings. The first kappa shape index (κ1) is 17.7. The number of methoxy groups -OCH3 is 1. The smallest absolute Gasteiger partial charge is 0.288 e. The number of ether oxygens (including phenoxy) is 1. The average Bonchev–Trinajstić information content (AvgIpc) is 2.58. The van der Waals surface area contributed by atoms with Gasteiger partial charge in [0.2, 0.25) is 0 Å². The van der Waals surface area contributed by atoms with Crippen LogP contribution in [0.5, 0.6) is 5.75 Å². The number of nitrogens with zero attached hydrogens (tertiary/aromatic N) is 1. The third-order valence-corrected chi connectivity index (χ3v) is 3.79. The number of hydrogen-bond donors (Lipinski definition) is 1. The number of carbonyl (C=O) groups excluding carboxylic acids is 1. The number of nitro benzene ring substituents is 1. The summed E-state index contributed by atoms with van der Waals surface area (Å²) in [6.45, 7) is 0.465. The number of benzene rings is 2. The predicted octanol–water partition coefficient (Wildman–Crippen LogP) is 3.62. The minimum absolute atomic E-state index is 0.00887. The zero-order chi connectivity index (χ0) is 17.5. The van der Waals surface area contributed by atoms with Gasteiger partial charge < -0.3 is 10.1 Å². The Kier molecular flexibility index (Phi) is 6.14. The molecule has 0 spiro atoms. The summed E-state index contributed by atoms with van der Waals surface area (Å²) in [4.78, 5) is 22.3. The van der Waals surface area contributed by atoms with E-state index in [2.05, 4.69) is 5.32 Å². The van der Waals surface area contributed by atoms with Gasteiger partial charge in [0.1, 0.15) is 10.8 Å². The summed E-state index contributed by atoms with van der Waals surface area (Å²) in [5, 5.41) is 13.6. The molecule has 0 atom stereocenters. The van der Waals surface area contributed by atoms with E-state index in [1.165, 1.54) is 18.2 Å². The summed E-state index contributed by atoms with van der Waals surface area (Å²) >= 11 is 5.73. The Bertz CT molecular complexity index is 749. The number of aryl methyl sites for hydroxylation is 1. The molecule has 7 heteroatoms. The maximum atomic E-state index is 12.0. The molecule has 0 unspecified atom stereocenters. The molecule has 0 saturated heterocycles. The molecule has 0 aliphatic carbocycles. The molecule has 2 aromatic carbocycles. The molecule has 0 bridgehead atoms. The number of hydrogen-bond acceptors (Lipinski definition) is 4. The Hall–Kier alpha value is -2.60. The maximum Gasteiger partial charge on any atom is 0.288 e. The number of amides is 1. The minimum atomic E-state index is -0.609. The van der Waals surface area contributed by atoms with Crippen molar-refractivity contribution in [3.8, 4) is 5.75 Å². The van der Waals surface area contributed by atoms with E-state index >= 15 is 0 Å². The van der Waals surface area contributed by atoms with Crippen LogP contribution in [-0.2, 0) is 6.42 Å². The van der Waals surface area contributed by atoms with Crippen molar-refractivity contribution in [1.29, 1.82) is 0 Å². The molecule has 0 aromatic heterocycles. The van der Waals surface area contributed by atoms with E-state index in [9.17, 15) is 14.9 Å². The molecule has 1 N–H and O–H groups in total. The van der Waals surface area contributed by atoms with Gasteiger partial charge in [0.05, 0.1) is 12.0 Å². The van der Waals surface area contributed by atoms with Gasteiger partial charge in [-0.3, -0.25) is 14.9 Å². The highest BCUT2D eigenvalue weighted by Crippen LogP contribution is 2.25. The molecule has 0 saturated carbocycles. The van der Waals surface area contributed by atoms with Crippen molar-refractivity contribution in [2.75, 3.05) is 13.7 Å². The standard InChI is InChI=1S/C17H17ClN2O4/c1-24-14-6-2-4-12(10-14)5-3-9-19-17(21)13-7-8-15(18)16(11-13)20(22)23/h2,4,6-8,10-11H,3,5,9H2,1H3,(H,19,21). The molecule has 6 nitrogen and oxygen atoms in total. The van der Waals surface area contributed by atoms with Crippen LogP contribution in [0.3, 0.4) is 0 Å². The third-order valence-electron chi connectivity index (χ3n) is 3.47. The van der Waals surface area contributed by atoms with E-state index in [1.54, 1.807) is 7.11 Å². The van der Waals surface area contributed by atoms with E-state index in [4.69, 9.17) is 16.3 Å². The van der Waals surface area contributed by atoms with Crippen molar-refractivity contribution in [3.05, 3.63) is 68.7 Å². The van der Waals surface area contributed by atoms with Crippen molar-refractivity contribution < 1.29 is 14.5 Å². The monoisotopic (exact) mass is 348 g/mol. The molecule has 0 fully saturated rings. The van der Waals surface area contributed by atoms with Crippen LogP contribution in [0.1, 0.15) is 22.3 Å². The number of rotatable bonds is 7. The van der Waals surface area contributed by atoms with Crippen LogP contribution in [0.4, 0.5) is 5.69 Å². The normalized spacial score (nSPS) is 10.2. The highest BCUT2D eigenvalue weighted by Gasteiger charge is 2.15. The highest BCUT2D eigenvalue weighted by molar-refractivity contribution is 6.32. The molecule has 1 amide bonds. The summed E-state index contributed by atoms with van der Waals surface area (Å²) in [6, 6.07) is 11.7. The van der Waals surface area contributed by atoms with Crippen LogP contribution < -0.4 is 10.1 Å². The van der Waals surface area contributed by atoms with Crippen molar-refractivity contribution >= 4 is 23.2 Å². The average molecular weight is 349 g/mol. The first-order chi connectivity index (χ1) is 11.5. The minimum Gasteiger partial charge on any atom is -0.497 e. The summed E-state index contributed by atoms with van der Waals surface area (Å²) in [5.41, 5.74) is 1.05. The van der Waals surface area contributed by atoms with E-state index in [0.29, 0.717) is 6.54 Å². The summed E-state index contributed by atoms with van der Waals surface area (Å²) in [7, 11) is 1.62. The molecule has 0 aliphatic heterocycles. The molecule has 24 heavy (non-hydrogen) atoms. The van der Waals surface area contributed by atoms with Crippen LogP contribution in [0, 0.1) is 10.1 Å². The highest BCUT2D eigenvalue weighted by atomic mass is 35.5. The number of nitrogens with one attached hydrogen (secondary N) is 1. The fourth-order valence-electron chi connectivity index (χ4n) is 2.22. The summed E-state index contributed by atoms with van der Waals surface area (Å²) in [5.74, 6) is 0.436. The van der Waals surface area contributed by atoms with Crippen molar-refractivity contribution in [3.63, 3.8) is 0 Å².